The van der Waals surface area contributed by atoms with Crippen molar-refractivity contribution in [2.45, 2.75) is 12.8 Å². The van der Waals surface area contributed by atoms with Crippen LogP contribution in [0.3, 0.4) is 0 Å². The van der Waals surface area contributed by atoms with Gasteiger partial charge in [-0.1, -0.05) is 23.5 Å². The molecule has 0 radical (unpaired) electrons. The van der Waals surface area contributed by atoms with Crippen molar-refractivity contribution in [3.05, 3.63) is 36.0 Å². The molecule has 1 saturated heterocycles. The Bertz CT molecular complexity index is 884. The predicted octanol–water partition coefficient (Wildman–Crippen LogP) is 2.74. The lowest BCUT2D eigenvalue weighted by atomic mass is 9.98. The number of imidazole rings is 1. The summed E-state index contributed by atoms with van der Waals surface area (Å²) in [5.41, 5.74) is 2.51. The van der Waals surface area contributed by atoms with E-state index in [0.29, 0.717) is 11.5 Å². The van der Waals surface area contributed by atoms with E-state index in [0.717, 1.165) is 41.0 Å². The molecule has 0 spiro atoms. The number of benzene rings is 1. The fourth-order valence-corrected chi connectivity index (χ4v) is 3.81. The molecule has 1 aliphatic heterocycles. The van der Waals surface area contributed by atoms with Crippen molar-refractivity contribution in [1.82, 2.24) is 19.9 Å². The highest BCUT2D eigenvalue weighted by Gasteiger charge is 2.15. The zero-order valence-corrected chi connectivity index (χ0v) is 14.0. The molecule has 7 heteroatoms. The number of nitrogens with zero attached hydrogens (tertiary/aromatic N) is 4. The van der Waals surface area contributed by atoms with Gasteiger partial charge in [-0.25, -0.2) is 9.50 Å². The number of fused-ring (bicyclic) bond motifs is 1. The van der Waals surface area contributed by atoms with Gasteiger partial charge in [-0.3, -0.25) is 0 Å². The molecule has 2 N–H and O–H groups in total. The van der Waals surface area contributed by atoms with Crippen molar-refractivity contribution in [3.8, 4) is 17.3 Å². The number of piperidine rings is 1. The van der Waals surface area contributed by atoms with E-state index < -0.39 is 0 Å². The Morgan fingerprint density at radius 2 is 2.25 bits per heavy atom. The van der Waals surface area contributed by atoms with Crippen LogP contribution in [0.15, 0.2) is 30.5 Å². The zero-order valence-electron chi connectivity index (χ0n) is 13.2. The number of hydrogen-bond donors (Lipinski definition) is 2. The van der Waals surface area contributed by atoms with Crippen LogP contribution < -0.4 is 10.6 Å². The summed E-state index contributed by atoms with van der Waals surface area (Å²) in [5, 5.41) is 21.5. The highest BCUT2D eigenvalue weighted by atomic mass is 32.1. The first kappa shape index (κ1) is 15.1. The van der Waals surface area contributed by atoms with Crippen LogP contribution in [0, 0.1) is 17.2 Å². The molecule has 0 bridgehead atoms. The molecule has 1 aromatic carbocycles. The molecule has 1 fully saturated rings. The van der Waals surface area contributed by atoms with Crippen LogP contribution >= 0.6 is 11.3 Å². The maximum Gasteiger partial charge on any atom is 0.214 e. The summed E-state index contributed by atoms with van der Waals surface area (Å²) in [7, 11) is 0. The van der Waals surface area contributed by atoms with Crippen molar-refractivity contribution in [2.75, 3.05) is 25.0 Å². The van der Waals surface area contributed by atoms with Crippen LogP contribution in [0.4, 0.5) is 5.13 Å². The first-order valence-electron chi connectivity index (χ1n) is 8.13. The Morgan fingerprint density at radius 3 is 3.08 bits per heavy atom. The second kappa shape index (κ2) is 6.59. The van der Waals surface area contributed by atoms with Gasteiger partial charge in [0.2, 0.25) is 10.1 Å². The Morgan fingerprint density at radius 1 is 1.38 bits per heavy atom. The number of nitriles is 1. The monoisotopic (exact) mass is 338 g/mol. The van der Waals surface area contributed by atoms with E-state index in [1.807, 2.05) is 28.9 Å². The molecule has 0 amide bonds. The van der Waals surface area contributed by atoms with E-state index in [1.54, 1.807) is 17.4 Å². The minimum Gasteiger partial charge on any atom is -0.360 e. The summed E-state index contributed by atoms with van der Waals surface area (Å²) in [5.74, 6) is 0.703. The third-order valence-electron chi connectivity index (χ3n) is 4.37. The summed E-state index contributed by atoms with van der Waals surface area (Å²) in [6.07, 6.45) is 4.23. The summed E-state index contributed by atoms with van der Waals surface area (Å²) >= 11 is 1.56. The predicted molar refractivity (Wildman–Crippen MR) is 95.1 cm³/mol. The SMILES string of the molecule is N#Cc1cccc(-c2cnc3sc(NCC4CCNCC4)nn23)c1. The van der Waals surface area contributed by atoms with E-state index in [4.69, 9.17) is 5.26 Å². The first-order chi connectivity index (χ1) is 11.8. The van der Waals surface area contributed by atoms with Gasteiger partial charge in [0.15, 0.2) is 0 Å². The topological polar surface area (TPSA) is 78.0 Å². The number of rotatable bonds is 4. The average Bonchev–Trinajstić information content (AvgIpc) is 3.21. The molecule has 0 atom stereocenters. The Hall–Kier alpha value is -2.43. The van der Waals surface area contributed by atoms with E-state index in [2.05, 4.69) is 26.8 Å². The van der Waals surface area contributed by atoms with Crippen molar-refractivity contribution >= 4 is 21.4 Å². The molecule has 3 heterocycles. The minimum absolute atomic E-state index is 0.641. The number of hydrogen-bond acceptors (Lipinski definition) is 6. The highest BCUT2D eigenvalue weighted by Crippen LogP contribution is 2.27. The quantitative estimate of drug-likeness (QED) is 0.765. The second-order valence-corrected chi connectivity index (χ2v) is 6.97. The standard InChI is InChI=1S/C17H18N6S/c18-9-13-2-1-3-14(8-13)15-11-21-17-23(15)22-16(24-17)20-10-12-4-6-19-7-5-12/h1-3,8,11-12,19H,4-7,10H2,(H,20,22). The van der Waals surface area contributed by atoms with Crippen LogP contribution in [0.1, 0.15) is 18.4 Å². The van der Waals surface area contributed by atoms with Gasteiger partial charge in [-0.05, 0) is 44.0 Å². The van der Waals surface area contributed by atoms with Crippen LogP contribution in [-0.4, -0.2) is 34.2 Å². The maximum absolute atomic E-state index is 9.07. The fourth-order valence-electron chi connectivity index (χ4n) is 3.03. The van der Waals surface area contributed by atoms with Gasteiger partial charge in [0, 0.05) is 12.1 Å². The lowest BCUT2D eigenvalue weighted by molar-refractivity contribution is 0.390. The molecule has 0 unspecified atom stereocenters. The molecular formula is C17H18N6S. The maximum atomic E-state index is 9.07. The third kappa shape index (κ3) is 2.98. The van der Waals surface area contributed by atoms with Gasteiger partial charge in [-0.2, -0.15) is 5.26 Å². The molecular weight excluding hydrogens is 320 g/mol. The summed E-state index contributed by atoms with van der Waals surface area (Å²) in [6.45, 7) is 3.16. The molecule has 122 valence electrons. The number of anilines is 1. The van der Waals surface area contributed by atoms with Gasteiger partial charge in [0.1, 0.15) is 0 Å². The van der Waals surface area contributed by atoms with Gasteiger partial charge in [0.25, 0.3) is 0 Å². The second-order valence-electron chi connectivity index (χ2n) is 6.01. The smallest absolute Gasteiger partial charge is 0.214 e. The first-order valence-corrected chi connectivity index (χ1v) is 8.95. The van der Waals surface area contributed by atoms with Gasteiger partial charge < -0.3 is 10.6 Å². The van der Waals surface area contributed by atoms with Gasteiger partial charge in [0.05, 0.1) is 23.5 Å². The normalized spacial score (nSPS) is 15.5. The molecule has 3 aromatic rings. The van der Waals surface area contributed by atoms with E-state index in [1.165, 1.54) is 12.8 Å². The van der Waals surface area contributed by atoms with Gasteiger partial charge >= 0.3 is 0 Å². The van der Waals surface area contributed by atoms with E-state index in [-0.39, 0.29) is 0 Å². The molecule has 0 saturated carbocycles. The Kier molecular flexibility index (Phi) is 4.15. The Labute approximate surface area is 144 Å². The van der Waals surface area contributed by atoms with Crippen LogP contribution in [0.2, 0.25) is 0 Å². The van der Waals surface area contributed by atoms with E-state index in [9.17, 15) is 0 Å². The largest absolute Gasteiger partial charge is 0.360 e. The van der Waals surface area contributed by atoms with E-state index >= 15 is 0 Å². The van der Waals surface area contributed by atoms with Crippen molar-refractivity contribution < 1.29 is 0 Å². The molecule has 2 aromatic heterocycles. The summed E-state index contributed by atoms with van der Waals surface area (Å²) in [4.78, 5) is 5.31. The summed E-state index contributed by atoms with van der Waals surface area (Å²) < 4.78 is 1.85. The average molecular weight is 338 g/mol. The van der Waals surface area contributed by atoms with Crippen LogP contribution in [-0.2, 0) is 0 Å². The van der Waals surface area contributed by atoms with Gasteiger partial charge in [-0.15, -0.1) is 5.10 Å². The number of nitrogens with one attached hydrogen (secondary N) is 2. The lowest BCUT2D eigenvalue weighted by Gasteiger charge is -2.22. The highest BCUT2D eigenvalue weighted by molar-refractivity contribution is 7.20. The van der Waals surface area contributed by atoms with Crippen molar-refractivity contribution in [1.29, 1.82) is 5.26 Å². The fraction of sp³-hybridized carbons (Fsp3) is 0.353. The molecule has 24 heavy (non-hydrogen) atoms. The minimum atomic E-state index is 0.641. The van der Waals surface area contributed by atoms with Crippen LogP contribution in [0.25, 0.3) is 16.2 Å². The zero-order chi connectivity index (χ0) is 16.4. The third-order valence-corrected chi connectivity index (χ3v) is 5.25. The van der Waals surface area contributed by atoms with Crippen molar-refractivity contribution in [2.24, 2.45) is 5.92 Å². The molecule has 4 rings (SSSR count). The number of aromatic nitrogens is 3. The van der Waals surface area contributed by atoms with Crippen LogP contribution in [0.5, 0.6) is 0 Å². The Balaban J connectivity index is 1.55. The molecule has 6 nitrogen and oxygen atoms in total. The summed E-state index contributed by atoms with van der Waals surface area (Å²) in [6, 6.07) is 9.70. The molecule has 0 aliphatic carbocycles. The van der Waals surface area contributed by atoms with Crippen molar-refractivity contribution in [3.63, 3.8) is 0 Å². The molecule has 1 aliphatic rings. The lowest BCUT2D eigenvalue weighted by Crippen LogP contribution is -2.31.